The molecule has 4 amide bonds. The first-order valence-electron chi connectivity index (χ1n) is 12.1. The number of benzene rings is 2. The molecule has 4 N–H and O–H groups in total. The van der Waals surface area contributed by atoms with E-state index in [0.717, 1.165) is 16.5 Å². The van der Waals surface area contributed by atoms with Gasteiger partial charge in [0.1, 0.15) is 5.69 Å². The number of aromatic nitrogens is 1. The fraction of sp³-hybridized carbons (Fsp3) is 0.296. The first-order chi connectivity index (χ1) is 17.8. The molecule has 1 aromatic heterocycles. The van der Waals surface area contributed by atoms with Gasteiger partial charge < -0.3 is 25.8 Å². The maximum atomic E-state index is 12.9. The summed E-state index contributed by atoms with van der Waals surface area (Å²) in [4.78, 5) is 63.0. The second-order valence-electron chi connectivity index (χ2n) is 9.00. The Balaban J connectivity index is 1.38. The molecular weight excluding hydrogens is 474 g/mol. The lowest BCUT2D eigenvalue weighted by molar-refractivity contribution is -0.140. The molecule has 1 aliphatic rings. The van der Waals surface area contributed by atoms with Gasteiger partial charge in [-0.3, -0.25) is 24.0 Å². The van der Waals surface area contributed by atoms with Gasteiger partial charge in [-0.05, 0) is 30.5 Å². The second kappa shape index (κ2) is 11.5. The predicted molar refractivity (Wildman–Crippen MR) is 136 cm³/mol. The fourth-order valence-electron chi connectivity index (χ4n) is 4.41. The van der Waals surface area contributed by atoms with E-state index in [1.165, 1.54) is 0 Å². The zero-order valence-electron chi connectivity index (χ0n) is 20.5. The second-order valence-corrected chi connectivity index (χ2v) is 9.00. The number of hydrogen-bond donors (Lipinski definition) is 4. The number of aryl methyl sites for hydroxylation is 1. The van der Waals surface area contributed by atoms with Crippen molar-refractivity contribution in [2.45, 2.75) is 25.4 Å². The number of hydrogen-bond acceptors (Lipinski definition) is 5. The van der Waals surface area contributed by atoms with Crippen molar-refractivity contribution in [2.24, 2.45) is 13.0 Å². The van der Waals surface area contributed by atoms with Crippen LogP contribution in [0.3, 0.4) is 0 Å². The molecule has 1 saturated heterocycles. The van der Waals surface area contributed by atoms with Gasteiger partial charge in [0, 0.05) is 37.0 Å². The molecular formula is C27H29N5O5. The van der Waals surface area contributed by atoms with Crippen LogP contribution in [-0.4, -0.2) is 53.1 Å². The maximum Gasteiger partial charge on any atom is 0.289 e. The summed E-state index contributed by atoms with van der Waals surface area (Å²) in [5.74, 6) is -3.51. The van der Waals surface area contributed by atoms with Crippen molar-refractivity contribution in [3.63, 3.8) is 0 Å². The molecule has 0 radical (unpaired) electrons. The lowest BCUT2D eigenvalue weighted by atomic mass is 9.95. The van der Waals surface area contributed by atoms with Gasteiger partial charge in [0.05, 0.1) is 12.6 Å². The molecule has 192 valence electrons. The van der Waals surface area contributed by atoms with Crippen LogP contribution in [0.4, 0.5) is 0 Å². The molecule has 0 unspecified atom stereocenters. The molecule has 2 atom stereocenters. The van der Waals surface area contributed by atoms with Crippen LogP contribution in [0, 0.1) is 5.92 Å². The third kappa shape index (κ3) is 6.21. The first kappa shape index (κ1) is 25.6. The summed E-state index contributed by atoms with van der Waals surface area (Å²) in [5.41, 5.74) is 2.07. The van der Waals surface area contributed by atoms with Gasteiger partial charge in [-0.1, -0.05) is 48.5 Å². The average molecular weight is 504 g/mol. The van der Waals surface area contributed by atoms with E-state index in [2.05, 4.69) is 21.3 Å². The zero-order chi connectivity index (χ0) is 26.4. The quantitative estimate of drug-likeness (QED) is 0.303. The summed E-state index contributed by atoms with van der Waals surface area (Å²) in [6.45, 7) is 0.226. The minimum absolute atomic E-state index is 0.00763. The minimum atomic E-state index is -1.20. The van der Waals surface area contributed by atoms with E-state index >= 15 is 0 Å². The fourth-order valence-corrected chi connectivity index (χ4v) is 4.41. The van der Waals surface area contributed by atoms with Crippen molar-refractivity contribution < 1.29 is 24.0 Å². The van der Waals surface area contributed by atoms with Crippen LogP contribution in [0.1, 0.15) is 28.9 Å². The summed E-state index contributed by atoms with van der Waals surface area (Å²) in [7, 11) is 1.76. The highest BCUT2D eigenvalue weighted by molar-refractivity contribution is 6.38. The Labute approximate surface area is 213 Å². The zero-order valence-corrected chi connectivity index (χ0v) is 20.5. The van der Waals surface area contributed by atoms with Crippen molar-refractivity contribution in [1.29, 1.82) is 0 Å². The lowest BCUT2D eigenvalue weighted by Gasteiger charge is -2.20. The van der Waals surface area contributed by atoms with Crippen LogP contribution in [0.2, 0.25) is 0 Å². The van der Waals surface area contributed by atoms with Gasteiger partial charge >= 0.3 is 0 Å². The van der Waals surface area contributed by atoms with E-state index in [9.17, 15) is 24.0 Å². The Morgan fingerprint density at radius 1 is 1.03 bits per heavy atom. The first-order valence-corrected chi connectivity index (χ1v) is 12.1. The molecule has 10 nitrogen and oxygen atoms in total. The number of carbonyl (C=O) groups excluding carboxylic acids is 5. The van der Waals surface area contributed by atoms with Gasteiger partial charge in [-0.25, -0.2) is 0 Å². The summed E-state index contributed by atoms with van der Waals surface area (Å²) in [6, 6.07) is 17.1. The van der Waals surface area contributed by atoms with Gasteiger partial charge in [0.15, 0.2) is 0 Å². The van der Waals surface area contributed by atoms with Crippen molar-refractivity contribution in [1.82, 2.24) is 25.8 Å². The number of fused-ring (bicyclic) bond motifs is 1. The van der Waals surface area contributed by atoms with Crippen LogP contribution in [0.5, 0.6) is 0 Å². The number of ketones is 1. The highest BCUT2D eigenvalue weighted by Gasteiger charge is 2.34. The Morgan fingerprint density at radius 3 is 2.46 bits per heavy atom. The predicted octanol–water partition coefficient (Wildman–Crippen LogP) is 0.805. The largest absolute Gasteiger partial charge is 0.356 e. The molecule has 1 fully saturated rings. The van der Waals surface area contributed by atoms with Gasteiger partial charge in [0.25, 0.3) is 11.8 Å². The van der Waals surface area contributed by atoms with Crippen molar-refractivity contribution in [2.75, 3.05) is 13.1 Å². The van der Waals surface area contributed by atoms with Crippen LogP contribution in [0.25, 0.3) is 10.9 Å². The number of Topliss-reactive ketones (excluding diaryl/α,β-unsaturated/α-hetero) is 1. The minimum Gasteiger partial charge on any atom is -0.356 e. The number of nitrogens with zero attached hydrogens (tertiary/aromatic N) is 1. The third-order valence-corrected chi connectivity index (χ3v) is 6.45. The molecule has 1 aliphatic heterocycles. The molecule has 37 heavy (non-hydrogen) atoms. The lowest BCUT2D eigenvalue weighted by Crippen LogP contribution is -2.51. The number of rotatable bonds is 10. The molecule has 3 aromatic rings. The number of nitrogens with one attached hydrogen (secondary N) is 4. The highest BCUT2D eigenvalue weighted by atomic mass is 16.2. The number of para-hydroxylation sites is 1. The summed E-state index contributed by atoms with van der Waals surface area (Å²) in [5, 5.41) is 11.3. The van der Waals surface area contributed by atoms with E-state index in [1.54, 1.807) is 17.7 Å². The monoisotopic (exact) mass is 503 g/mol. The summed E-state index contributed by atoms with van der Waals surface area (Å²) in [6.07, 6.45) is 0.494. The molecule has 2 heterocycles. The van der Waals surface area contributed by atoms with Gasteiger partial charge in [-0.2, -0.15) is 0 Å². The van der Waals surface area contributed by atoms with Crippen molar-refractivity contribution in [3.05, 3.63) is 71.9 Å². The Morgan fingerprint density at radius 2 is 1.76 bits per heavy atom. The molecule has 10 heteroatoms. The molecule has 0 spiro atoms. The van der Waals surface area contributed by atoms with E-state index in [0.29, 0.717) is 18.7 Å². The van der Waals surface area contributed by atoms with E-state index in [-0.39, 0.29) is 18.9 Å². The van der Waals surface area contributed by atoms with Crippen LogP contribution in [-0.2, 0) is 32.8 Å². The summed E-state index contributed by atoms with van der Waals surface area (Å²) < 4.78 is 1.73. The SMILES string of the molecule is Cn1c(C(=O)NCC(=O)N[C@@H](C[C@@H]2CCNC2=O)C(=O)C(=O)NCc2ccccc2)cc2ccccc21. The van der Waals surface area contributed by atoms with Crippen LogP contribution >= 0.6 is 0 Å². The van der Waals surface area contributed by atoms with Crippen molar-refractivity contribution in [3.8, 4) is 0 Å². The molecule has 4 rings (SSSR count). The summed E-state index contributed by atoms with van der Waals surface area (Å²) >= 11 is 0. The van der Waals surface area contributed by atoms with Crippen molar-refractivity contribution >= 4 is 40.3 Å². The Kier molecular flexibility index (Phi) is 7.97. The molecule has 0 bridgehead atoms. The smallest absolute Gasteiger partial charge is 0.289 e. The molecule has 2 aromatic carbocycles. The highest BCUT2D eigenvalue weighted by Crippen LogP contribution is 2.18. The molecule has 0 aliphatic carbocycles. The van der Waals surface area contributed by atoms with Crippen LogP contribution in [0.15, 0.2) is 60.7 Å². The normalized spacial score (nSPS) is 15.6. The molecule has 0 saturated carbocycles. The van der Waals surface area contributed by atoms with Crippen LogP contribution < -0.4 is 21.3 Å². The standard InChI is InChI=1S/C27H29N5O5/c1-32-21-10-6-5-9-18(21)14-22(32)26(36)30-16-23(33)31-20(13-19-11-12-28-25(19)35)24(34)27(37)29-15-17-7-3-2-4-8-17/h2-10,14,19-20H,11-13,15-16H2,1H3,(H,28,35)(H,29,37)(H,30,36)(H,31,33)/t19-,20-/m0/s1. The van der Waals surface area contributed by atoms with E-state index in [4.69, 9.17) is 0 Å². The topological polar surface area (TPSA) is 138 Å². The Hall–Kier alpha value is -4.47. The number of carbonyl (C=O) groups is 5. The van der Waals surface area contributed by atoms with Gasteiger partial charge in [-0.15, -0.1) is 0 Å². The third-order valence-electron chi connectivity index (χ3n) is 6.45. The number of amides is 4. The maximum absolute atomic E-state index is 12.9. The average Bonchev–Trinajstić information content (AvgIpc) is 3.48. The Bertz CT molecular complexity index is 1330. The van der Waals surface area contributed by atoms with Gasteiger partial charge in [0.2, 0.25) is 17.6 Å². The van der Waals surface area contributed by atoms with E-state index in [1.807, 2.05) is 54.6 Å². The van der Waals surface area contributed by atoms with E-state index < -0.39 is 42.0 Å².